The van der Waals surface area contributed by atoms with Crippen LogP contribution in [0.3, 0.4) is 0 Å². The van der Waals surface area contributed by atoms with Crippen molar-refractivity contribution in [3.05, 3.63) is 35.9 Å². The minimum absolute atomic E-state index is 0.347. The summed E-state index contributed by atoms with van der Waals surface area (Å²) in [5, 5.41) is 12.6. The lowest BCUT2D eigenvalue weighted by Crippen LogP contribution is -2.17. The molecule has 1 aliphatic carbocycles. The molecule has 5 nitrogen and oxygen atoms in total. The first-order valence-corrected chi connectivity index (χ1v) is 8.06. The highest BCUT2D eigenvalue weighted by Crippen LogP contribution is 2.28. The molecule has 0 aliphatic heterocycles. The van der Waals surface area contributed by atoms with E-state index in [2.05, 4.69) is 47.4 Å². The number of rotatable bonds is 6. The van der Waals surface area contributed by atoms with Crippen LogP contribution in [-0.4, -0.2) is 26.1 Å². The summed E-state index contributed by atoms with van der Waals surface area (Å²) < 4.78 is 4.12. The average Bonchev–Trinajstić information content (AvgIpc) is 3.20. The minimum atomic E-state index is 0.347. The van der Waals surface area contributed by atoms with Crippen LogP contribution in [0.5, 0.6) is 0 Å². The smallest absolute Gasteiger partial charge is 0.0849 e. The molecule has 1 fully saturated rings. The van der Waals surface area contributed by atoms with Crippen LogP contribution in [0.25, 0.3) is 0 Å². The third-order valence-electron chi connectivity index (χ3n) is 4.35. The van der Waals surface area contributed by atoms with E-state index in [0.717, 1.165) is 18.8 Å². The number of hydrogen-bond donors (Lipinski definition) is 1. The van der Waals surface area contributed by atoms with Crippen LogP contribution in [0.1, 0.15) is 62.9 Å². The van der Waals surface area contributed by atoms with Crippen molar-refractivity contribution in [2.24, 2.45) is 0 Å². The van der Waals surface area contributed by atoms with Gasteiger partial charge in [-0.2, -0.15) is 10.2 Å². The second-order valence-corrected chi connectivity index (χ2v) is 5.98. The molecule has 3 rings (SSSR count). The molecule has 0 saturated heterocycles. The zero-order valence-electron chi connectivity index (χ0n) is 13.0. The zero-order chi connectivity index (χ0) is 14.7. The third-order valence-corrected chi connectivity index (χ3v) is 4.35. The Bertz CT molecular complexity index is 565. The molecule has 2 aromatic rings. The Morgan fingerprint density at radius 3 is 2.95 bits per heavy atom. The maximum atomic E-state index is 4.72. The first kappa shape index (κ1) is 14.3. The van der Waals surface area contributed by atoms with Gasteiger partial charge in [0.25, 0.3) is 0 Å². The van der Waals surface area contributed by atoms with Crippen LogP contribution in [0.4, 0.5) is 0 Å². The summed E-state index contributed by atoms with van der Waals surface area (Å²) in [5.41, 5.74) is 2.32. The number of nitrogens with zero attached hydrogens (tertiary/aromatic N) is 4. The molecule has 5 heteroatoms. The molecule has 0 bridgehead atoms. The van der Waals surface area contributed by atoms with Crippen LogP contribution in [0.2, 0.25) is 0 Å². The highest BCUT2D eigenvalue weighted by molar-refractivity contribution is 5.10. The second kappa shape index (κ2) is 6.43. The van der Waals surface area contributed by atoms with Gasteiger partial charge in [-0.05, 0) is 32.4 Å². The molecule has 1 aliphatic rings. The lowest BCUT2D eigenvalue weighted by Gasteiger charge is -2.09. The van der Waals surface area contributed by atoms with Gasteiger partial charge in [-0.15, -0.1) is 0 Å². The summed E-state index contributed by atoms with van der Waals surface area (Å²) in [4.78, 5) is 0. The molecule has 114 valence electrons. The zero-order valence-corrected chi connectivity index (χ0v) is 13.0. The Hall–Kier alpha value is -1.62. The standard InChI is InChI=1S/C16H25N5/c1-3-17-13(2)14-10-18-20(11-14)12-15-8-9-21(19-15)16-6-4-5-7-16/h8-11,13,16-17H,3-7,12H2,1-2H3. The first-order valence-electron chi connectivity index (χ1n) is 8.06. The van der Waals surface area contributed by atoms with Crippen molar-refractivity contribution in [3.8, 4) is 0 Å². The molecule has 1 unspecified atom stereocenters. The van der Waals surface area contributed by atoms with Crippen LogP contribution >= 0.6 is 0 Å². The van der Waals surface area contributed by atoms with Crippen molar-refractivity contribution in [2.45, 2.75) is 58.2 Å². The quantitative estimate of drug-likeness (QED) is 0.888. The molecule has 1 atom stereocenters. The van der Waals surface area contributed by atoms with Crippen molar-refractivity contribution >= 4 is 0 Å². The molecule has 2 aromatic heterocycles. The predicted octanol–water partition coefficient (Wildman–Crippen LogP) is 2.91. The van der Waals surface area contributed by atoms with Gasteiger partial charge < -0.3 is 5.32 Å². The fourth-order valence-corrected chi connectivity index (χ4v) is 3.11. The molecule has 0 radical (unpaired) electrons. The van der Waals surface area contributed by atoms with Gasteiger partial charge in [0, 0.05) is 24.0 Å². The molecule has 1 saturated carbocycles. The third kappa shape index (κ3) is 3.35. The summed E-state index contributed by atoms with van der Waals surface area (Å²) in [6.45, 7) is 6.01. The van der Waals surface area contributed by atoms with E-state index in [-0.39, 0.29) is 0 Å². The molecular formula is C16H25N5. The normalized spacial score (nSPS) is 17.4. The topological polar surface area (TPSA) is 47.7 Å². The monoisotopic (exact) mass is 287 g/mol. The van der Waals surface area contributed by atoms with E-state index in [1.165, 1.54) is 31.2 Å². The SMILES string of the molecule is CCNC(C)c1cnn(Cc2ccn(C3CCCC3)n2)c1. The molecule has 1 N–H and O–H groups in total. The van der Waals surface area contributed by atoms with Crippen molar-refractivity contribution in [3.63, 3.8) is 0 Å². The van der Waals surface area contributed by atoms with E-state index in [9.17, 15) is 0 Å². The highest BCUT2D eigenvalue weighted by atomic mass is 15.3. The predicted molar refractivity (Wildman–Crippen MR) is 83.2 cm³/mol. The Balaban J connectivity index is 1.63. The van der Waals surface area contributed by atoms with E-state index in [1.54, 1.807) is 0 Å². The number of nitrogens with one attached hydrogen (secondary N) is 1. The highest BCUT2D eigenvalue weighted by Gasteiger charge is 2.17. The van der Waals surface area contributed by atoms with Gasteiger partial charge in [0.05, 0.1) is 24.5 Å². The Kier molecular flexibility index (Phi) is 4.39. The minimum Gasteiger partial charge on any atom is -0.310 e. The van der Waals surface area contributed by atoms with E-state index in [0.29, 0.717) is 12.1 Å². The largest absolute Gasteiger partial charge is 0.310 e. The molecule has 21 heavy (non-hydrogen) atoms. The van der Waals surface area contributed by atoms with Crippen LogP contribution in [0.15, 0.2) is 24.7 Å². The van der Waals surface area contributed by atoms with Gasteiger partial charge in [-0.1, -0.05) is 19.8 Å². The van der Waals surface area contributed by atoms with Gasteiger partial charge in [-0.3, -0.25) is 9.36 Å². The fraction of sp³-hybridized carbons (Fsp3) is 0.625. The lowest BCUT2D eigenvalue weighted by atomic mass is 10.2. The summed E-state index contributed by atoms with van der Waals surface area (Å²) in [7, 11) is 0. The van der Waals surface area contributed by atoms with Crippen molar-refractivity contribution in [1.29, 1.82) is 0 Å². The molecular weight excluding hydrogens is 262 g/mol. The van der Waals surface area contributed by atoms with Gasteiger partial charge in [0.2, 0.25) is 0 Å². The van der Waals surface area contributed by atoms with Gasteiger partial charge in [-0.25, -0.2) is 0 Å². The summed E-state index contributed by atoms with van der Waals surface area (Å²) >= 11 is 0. The Morgan fingerprint density at radius 1 is 1.38 bits per heavy atom. The fourth-order valence-electron chi connectivity index (χ4n) is 3.11. The summed E-state index contributed by atoms with van der Waals surface area (Å²) in [6.07, 6.45) is 11.4. The molecule has 0 amide bonds. The van der Waals surface area contributed by atoms with Crippen LogP contribution < -0.4 is 5.32 Å². The van der Waals surface area contributed by atoms with Crippen molar-refractivity contribution in [1.82, 2.24) is 24.9 Å². The van der Waals surface area contributed by atoms with E-state index in [1.807, 2.05) is 10.9 Å². The van der Waals surface area contributed by atoms with Crippen molar-refractivity contribution < 1.29 is 0 Å². The van der Waals surface area contributed by atoms with E-state index < -0.39 is 0 Å². The number of hydrogen-bond acceptors (Lipinski definition) is 3. The molecule has 0 aromatic carbocycles. The van der Waals surface area contributed by atoms with E-state index >= 15 is 0 Å². The maximum absolute atomic E-state index is 4.72. The Morgan fingerprint density at radius 2 is 2.19 bits per heavy atom. The molecule has 2 heterocycles. The van der Waals surface area contributed by atoms with E-state index in [4.69, 9.17) is 5.10 Å². The second-order valence-electron chi connectivity index (χ2n) is 5.98. The van der Waals surface area contributed by atoms with Crippen LogP contribution in [0, 0.1) is 0 Å². The first-order chi connectivity index (χ1) is 10.3. The summed E-state index contributed by atoms with van der Waals surface area (Å²) in [6, 6.07) is 3.08. The average molecular weight is 287 g/mol. The van der Waals surface area contributed by atoms with Gasteiger partial charge in [0.1, 0.15) is 0 Å². The maximum Gasteiger partial charge on any atom is 0.0849 e. The molecule has 0 spiro atoms. The number of aromatic nitrogens is 4. The summed E-state index contributed by atoms with van der Waals surface area (Å²) in [5.74, 6) is 0. The van der Waals surface area contributed by atoms with Crippen molar-refractivity contribution in [2.75, 3.05) is 6.54 Å². The van der Waals surface area contributed by atoms with Gasteiger partial charge >= 0.3 is 0 Å². The van der Waals surface area contributed by atoms with Crippen LogP contribution in [-0.2, 0) is 6.54 Å². The van der Waals surface area contributed by atoms with Gasteiger partial charge in [0.15, 0.2) is 0 Å². The Labute approximate surface area is 126 Å². The lowest BCUT2D eigenvalue weighted by molar-refractivity contribution is 0.460.